The van der Waals surface area contributed by atoms with Gasteiger partial charge in [-0.3, -0.25) is 9.59 Å². The molecule has 0 bridgehead atoms. The van der Waals surface area contributed by atoms with Gasteiger partial charge in [0, 0.05) is 11.6 Å². The summed E-state index contributed by atoms with van der Waals surface area (Å²) in [5.41, 5.74) is -0.401. The summed E-state index contributed by atoms with van der Waals surface area (Å²) >= 11 is -0.254. The van der Waals surface area contributed by atoms with Crippen LogP contribution >= 0.6 is 12.3 Å². The molecule has 2 aromatic heterocycles. The first kappa shape index (κ1) is 10.4. The normalized spacial score (nSPS) is 10.2. The summed E-state index contributed by atoms with van der Waals surface area (Å²) in [5.74, 6) is 0. The van der Waals surface area contributed by atoms with Gasteiger partial charge >= 0.3 is 0 Å². The monoisotopic (exact) mass is 237 g/mol. The van der Waals surface area contributed by atoms with Crippen LogP contribution in [0.25, 0.3) is 10.9 Å². The van der Waals surface area contributed by atoms with Crippen molar-refractivity contribution in [3.63, 3.8) is 0 Å². The first-order valence-corrected chi connectivity index (χ1v) is 4.81. The smallest absolute Gasteiger partial charge is 0.273 e. The van der Waals surface area contributed by atoms with Crippen molar-refractivity contribution < 1.29 is 8.68 Å². The van der Waals surface area contributed by atoms with Crippen molar-refractivity contribution >= 4 is 29.5 Å². The zero-order valence-electron chi connectivity index (χ0n) is 7.73. The zero-order valence-corrected chi connectivity index (χ0v) is 8.55. The number of aromatic nitrogens is 2. The van der Waals surface area contributed by atoms with Crippen LogP contribution in [0.1, 0.15) is 16.1 Å². The Morgan fingerprint density at radius 3 is 2.94 bits per heavy atom. The van der Waals surface area contributed by atoms with E-state index in [4.69, 9.17) is 5.26 Å². The quantitative estimate of drug-likeness (QED) is 0.800. The number of nitriles is 1. The van der Waals surface area contributed by atoms with E-state index in [-0.39, 0.29) is 34.5 Å². The molecule has 0 aliphatic carbocycles. The molecule has 0 aromatic carbocycles. The lowest BCUT2D eigenvalue weighted by molar-refractivity contribution is 0.111. The van der Waals surface area contributed by atoms with Crippen molar-refractivity contribution in [2.45, 2.75) is 0 Å². The van der Waals surface area contributed by atoms with Crippen molar-refractivity contribution in [2.24, 2.45) is 0 Å². The summed E-state index contributed by atoms with van der Waals surface area (Å²) < 4.78 is 13.5. The number of H-pyrrole nitrogens is 1. The number of halogens is 1. The molecule has 0 amide bonds. The molecular weight excluding hydrogens is 233 g/mol. The number of carbonyl (C=O) groups excluding carboxylic acids is 1. The van der Waals surface area contributed by atoms with Gasteiger partial charge in [-0.05, 0) is 6.07 Å². The molecule has 0 saturated carbocycles. The van der Waals surface area contributed by atoms with Crippen molar-refractivity contribution in [1.82, 2.24) is 8.96 Å². The Morgan fingerprint density at radius 1 is 1.62 bits per heavy atom. The maximum absolute atomic E-state index is 12.6. The van der Waals surface area contributed by atoms with E-state index < -0.39 is 5.56 Å². The van der Waals surface area contributed by atoms with E-state index in [0.29, 0.717) is 6.29 Å². The number of hydrogen-bond donors (Lipinski definition) is 1. The topological polar surface area (TPSA) is 78.7 Å². The van der Waals surface area contributed by atoms with Gasteiger partial charge < -0.3 is 4.98 Å². The summed E-state index contributed by atoms with van der Waals surface area (Å²) in [7, 11) is 0. The Labute approximate surface area is 92.9 Å². The first-order valence-electron chi connectivity index (χ1n) is 4.14. The van der Waals surface area contributed by atoms with Crippen LogP contribution in [0.3, 0.4) is 0 Å². The largest absolute Gasteiger partial charge is 0.326 e. The van der Waals surface area contributed by atoms with Gasteiger partial charge in [0.2, 0.25) is 0 Å². The van der Waals surface area contributed by atoms with E-state index in [9.17, 15) is 13.5 Å². The summed E-state index contributed by atoms with van der Waals surface area (Å²) in [6.07, 6.45) is 1.65. The molecule has 0 radical (unpaired) electrons. The number of nitrogens with one attached hydrogen (secondary N) is 1. The number of rotatable bonds is 2. The second-order valence-electron chi connectivity index (χ2n) is 2.96. The number of hydrogen-bond acceptors (Lipinski definition) is 4. The van der Waals surface area contributed by atoms with Crippen molar-refractivity contribution in [2.75, 3.05) is 0 Å². The van der Waals surface area contributed by atoms with Gasteiger partial charge in [0.15, 0.2) is 18.6 Å². The Balaban J connectivity index is 3.02. The van der Waals surface area contributed by atoms with Crippen LogP contribution in [0, 0.1) is 11.3 Å². The molecule has 7 heteroatoms. The summed E-state index contributed by atoms with van der Waals surface area (Å²) in [6.45, 7) is 0. The number of aromatic amines is 1. The van der Waals surface area contributed by atoms with E-state index in [2.05, 4.69) is 4.98 Å². The lowest BCUT2D eigenvalue weighted by Crippen LogP contribution is -2.09. The molecule has 0 unspecified atom stereocenters. The number of nitrogens with zero attached hydrogens (tertiary/aromatic N) is 2. The van der Waals surface area contributed by atoms with E-state index >= 15 is 0 Å². The van der Waals surface area contributed by atoms with Crippen LogP contribution in [0.15, 0.2) is 17.1 Å². The number of aldehydes is 1. The fourth-order valence-corrected chi connectivity index (χ4v) is 1.89. The number of carbonyl (C=O) groups is 1. The summed E-state index contributed by atoms with van der Waals surface area (Å²) in [6, 6.07) is 3.16. The van der Waals surface area contributed by atoms with Gasteiger partial charge in [-0.15, -0.1) is 3.89 Å². The van der Waals surface area contributed by atoms with E-state index in [1.54, 1.807) is 0 Å². The lowest BCUT2D eigenvalue weighted by Gasteiger charge is -1.97. The van der Waals surface area contributed by atoms with E-state index in [0.717, 1.165) is 3.97 Å². The highest BCUT2D eigenvalue weighted by molar-refractivity contribution is 7.93. The zero-order chi connectivity index (χ0) is 11.7. The molecular formula is C9H4FN3O2S. The van der Waals surface area contributed by atoms with Crippen LogP contribution in [0.4, 0.5) is 3.89 Å². The van der Waals surface area contributed by atoms with Gasteiger partial charge in [-0.1, -0.05) is 0 Å². The predicted octanol–water partition coefficient (Wildman–Crippen LogP) is 1.39. The van der Waals surface area contributed by atoms with Crippen LogP contribution in [0.5, 0.6) is 0 Å². The average Bonchev–Trinajstić information content (AvgIpc) is 2.69. The molecule has 0 fully saturated rings. The molecule has 2 rings (SSSR count). The Bertz CT molecular complexity index is 668. The number of fused-ring (bicyclic) bond motifs is 1. The van der Waals surface area contributed by atoms with Gasteiger partial charge in [0.05, 0.1) is 11.3 Å². The fourth-order valence-electron chi connectivity index (χ4n) is 1.47. The highest BCUT2D eigenvalue weighted by Crippen LogP contribution is 2.23. The maximum Gasteiger partial charge on any atom is 0.273 e. The molecule has 0 atom stereocenters. The minimum absolute atomic E-state index is 0.00398. The standard InChI is InChI=1S/C9H4FN3O2S/c10-16-13-6(4-14)1-7-5(2-11)3-12-9(15)8(7)13/h1,3-4H,(H,12,15). The van der Waals surface area contributed by atoms with Gasteiger partial charge in [0.1, 0.15) is 11.6 Å². The third-order valence-corrected chi connectivity index (χ3v) is 2.68. The van der Waals surface area contributed by atoms with Gasteiger partial charge in [-0.25, -0.2) is 3.97 Å². The van der Waals surface area contributed by atoms with Crippen LogP contribution in [-0.4, -0.2) is 15.2 Å². The average molecular weight is 237 g/mol. The fraction of sp³-hybridized carbons (Fsp3) is 0. The Kier molecular flexibility index (Phi) is 2.50. The molecule has 5 nitrogen and oxygen atoms in total. The van der Waals surface area contributed by atoms with Gasteiger partial charge in [0.25, 0.3) is 5.56 Å². The van der Waals surface area contributed by atoms with Crippen LogP contribution in [0.2, 0.25) is 0 Å². The molecule has 2 aromatic rings. The van der Waals surface area contributed by atoms with Gasteiger partial charge in [-0.2, -0.15) is 5.26 Å². The van der Waals surface area contributed by atoms with Crippen LogP contribution in [-0.2, 0) is 0 Å². The van der Waals surface area contributed by atoms with Crippen molar-refractivity contribution in [1.29, 1.82) is 5.26 Å². The highest BCUT2D eigenvalue weighted by atomic mass is 32.2. The van der Waals surface area contributed by atoms with Crippen molar-refractivity contribution in [3.05, 3.63) is 33.9 Å². The second kappa shape index (κ2) is 3.83. The molecule has 0 spiro atoms. The Morgan fingerprint density at radius 2 is 2.38 bits per heavy atom. The number of pyridine rings is 1. The second-order valence-corrected chi connectivity index (χ2v) is 3.46. The molecule has 0 aliphatic heterocycles. The molecule has 1 N–H and O–H groups in total. The lowest BCUT2D eigenvalue weighted by atomic mass is 10.2. The SMILES string of the molecule is N#Cc1c[nH]c(=O)c2c1cc(C=O)n2SF. The summed E-state index contributed by atoms with van der Waals surface area (Å²) in [5, 5.41) is 9.06. The summed E-state index contributed by atoms with van der Waals surface area (Å²) in [4.78, 5) is 24.5. The minimum Gasteiger partial charge on any atom is -0.326 e. The third-order valence-electron chi connectivity index (χ3n) is 2.15. The van der Waals surface area contributed by atoms with Crippen molar-refractivity contribution in [3.8, 4) is 6.07 Å². The first-order chi connectivity index (χ1) is 7.72. The maximum atomic E-state index is 12.6. The molecule has 0 saturated heterocycles. The van der Waals surface area contributed by atoms with E-state index in [1.165, 1.54) is 12.3 Å². The minimum atomic E-state index is -0.549. The third kappa shape index (κ3) is 1.31. The van der Waals surface area contributed by atoms with Crippen LogP contribution < -0.4 is 5.56 Å². The highest BCUT2D eigenvalue weighted by Gasteiger charge is 2.15. The molecule has 80 valence electrons. The Hall–Kier alpha value is -2.07. The molecule has 16 heavy (non-hydrogen) atoms. The predicted molar refractivity (Wildman–Crippen MR) is 56.8 cm³/mol. The molecule has 0 aliphatic rings. The van der Waals surface area contributed by atoms with E-state index in [1.807, 2.05) is 6.07 Å². The molecule has 2 heterocycles.